The quantitative estimate of drug-likeness (QED) is 0.0210. The molecule has 0 fully saturated rings. The Balaban J connectivity index is 0.000000407. The van der Waals surface area contributed by atoms with Crippen LogP contribution in [0.25, 0.3) is 0 Å². The summed E-state index contributed by atoms with van der Waals surface area (Å²) in [4.78, 5) is 35.1. The molecule has 1 aliphatic rings. The molecule has 6 aromatic carbocycles. The average molecular weight is 2020 g/mol. The van der Waals surface area contributed by atoms with Crippen LogP contribution in [0.3, 0.4) is 0 Å². The third kappa shape index (κ3) is 46.9. The second-order valence-corrected chi connectivity index (χ2v) is 35.5. The lowest BCUT2D eigenvalue weighted by Gasteiger charge is -2.15. The number of azo groups is 5. The van der Waals surface area contributed by atoms with Gasteiger partial charge in [0.25, 0.3) is 46.4 Å². The van der Waals surface area contributed by atoms with Gasteiger partial charge in [0.15, 0.2) is 49.6 Å². The Labute approximate surface area is 802 Å². The van der Waals surface area contributed by atoms with Crippen molar-refractivity contribution in [2.45, 2.75) is 73.5 Å². The summed E-state index contributed by atoms with van der Waals surface area (Å²) >= 11 is 6.19. The first-order chi connectivity index (χ1) is 63.4. The molecule has 11 aromatic rings. The minimum Gasteiger partial charge on any atom is -1.00 e. The predicted octanol–water partition coefficient (Wildman–Crippen LogP) is 8.57. The highest BCUT2D eigenvalue weighted by Gasteiger charge is 2.36. The van der Waals surface area contributed by atoms with Gasteiger partial charge in [0, 0.05) is 114 Å². The monoisotopic (exact) mass is 2020 g/mol. The van der Waals surface area contributed by atoms with Crippen LogP contribution in [0.5, 0.6) is 0 Å². The Bertz CT molecular complexity index is 6140. The number of hydrogen-bond donors (Lipinski definition) is 2. The molecule has 0 spiro atoms. The van der Waals surface area contributed by atoms with Crippen molar-refractivity contribution in [2.75, 3.05) is 104 Å². The minimum atomic E-state index is -3.72. The number of amides is 2. The van der Waals surface area contributed by atoms with E-state index < -0.39 is 46.5 Å². The van der Waals surface area contributed by atoms with Crippen LogP contribution in [0.1, 0.15) is 53.0 Å². The normalized spacial score (nSPS) is 12.1. The van der Waals surface area contributed by atoms with Gasteiger partial charge >= 0.3 is 5.82 Å². The lowest BCUT2D eigenvalue weighted by molar-refractivity contribution is -0.875. The molecule has 724 valence electrons. The lowest BCUT2D eigenvalue weighted by Crippen LogP contribution is -3.00. The molecular weight excluding hydrogens is 1910 g/mol. The average Bonchev–Trinajstić information content (AvgIpc) is 1.66. The van der Waals surface area contributed by atoms with Gasteiger partial charge in [0.1, 0.15) is 74.6 Å². The molecule has 12 rings (SSSR count). The molecule has 5 aromatic heterocycles. The molecule has 2 N–H and O–H groups in total. The van der Waals surface area contributed by atoms with Crippen molar-refractivity contribution < 1.29 is 126 Å². The number of benzene rings is 6. The fourth-order valence-electron chi connectivity index (χ4n) is 10.1. The molecule has 135 heavy (non-hydrogen) atoms. The second kappa shape index (κ2) is 60.2. The zero-order chi connectivity index (χ0) is 99.6. The molecule has 1 aliphatic heterocycles. The predicted molar refractivity (Wildman–Crippen MR) is 501 cm³/mol. The van der Waals surface area contributed by atoms with Crippen LogP contribution in [0.15, 0.2) is 318 Å². The van der Waals surface area contributed by atoms with Gasteiger partial charge in [-0.15, -0.1) is 30.7 Å². The highest BCUT2D eigenvalue weighted by atomic mass is 79.9. The maximum Gasteiger partial charge on any atom is 0.388 e. The topological polar surface area (TPSA) is 501 Å². The van der Waals surface area contributed by atoms with Gasteiger partial charge in [0.2, 0.25) is 11.9 Å². The van der Waals surface area contributed by atoms with Crippen molar-refractivity contribution in [3.8, 4) is 0 Å². The number of hydrazone groups is 1. The first-order valence-electron chi connectivity index (χ1n) is 40.3. The Kier molecular flexibility index (Phi) is 51.8. The molecule has 0 bridgehead atoms. The van der Waals surface area contributed by atoms with E-state index in [1.165, 1.54) is 49.2 Å². The molecule has 0 saturated heterocycles. The molecular formula is C88H110BrClN22O19S4. The van der Waals surface area contributed by atoms with Crippen LogP contribution in [-0.2, 0) is 94.6 Å². The van der Waals surface area contributed by atoms with Gasteiger partial charge in [-0.3, -0.25) is 9.59 Å². The Morgan fingerprint density at radius 2 is 0.926 bits per heavy atom. The van der Waals surface area contributed by atoms with E-state index in [2.05, 4.69) is 133 Å². The summed E-state index contributed by atoms with van der Waals surface area (Å²) in [7, 11) is 2.47. The van der Waals surface area contributed by atoms with E-state index in [1.807, 2.05) is 311 Å². The number of para-hydroxylation sites is 2. The molecule has 6 heterocycles. The number of pyridine rings is 5. The SMILES string of the molecule is CCCC[n+]1cccc(N=Nc2ccc(N(C)C)cc2C)c1.CCS(=O)(=O)O[O-].CC[n+]1cccc(N=Nc2ccc(N(C)C)cc2NC(C)=O)c1.CN(C)c1ccc(N=Nc2ccc[n+](C)c2)c(Cl)c1.CO[n+]1ccccc1N=NC1C(=O)N(c2ccccc2)N=C1C.CS(=O)(=O)O[O-].CS(=O)(=O)O[O-].CS(=O)(=O)O[O-].C[n+]1cccc(N=Nc2ccc(Nc3ccccc3)cc2)c1.[Br-]. The van der Waals surface area contributed by atoms with Crippen LogP contribution in [0, 0.1) is 6.92 Å². The van der Waals surface area contributed by atoms with Gasteiger partial charge < -0.3 is 85.5 Å². The molecule has 2 amide bonds. The number of aromatic nitrogens is 5. The Morgan fingerprint density at radius 1 is 0.496 bits per heavy atom. The number of nitrogens with one attached hydrogen (secondary N) is 2. The van der Waals surface area contributed by atoms with Crippen molar-refractivity contribution in [1.29, 1.82) is 0 Å². The summed E-state index contributed by atoms with van der Waals surface area (Å²) in [6.07, 6.45) is 21.9. The summed E-state index contributed by atoms with van der Waals surface area (Å²) in [5, 5.41) is 90.5. The fraction of sp³-hybridized carbons (Fsp3) is 0.273. The van der Waals surface area contributed by atoms with Crippen LogP contribution >= 0.6 is 11.6 Å². The van der Waals surface area contributed by atoms with Crippen molar-refractivity contribution >= 4 is 161 Å². The second-order valence-electron chi connectivity index (χ2n) is 28.7. The lowest BCUT2D eigenvalue weighted by atomic mass is 10.2. The van der Waals surface area contributed by atoms with Gasteiger partial charge in [-0.05, 0) is 178 Å². The third-order valence-corrected chi connectivity index (χ3v) is 18.8. The zero-order valence-corrected chi connectivity index (χ0v) is 83.1. The van der Waals surface area contributed by atoms with Crippen LogP contribution in [0.4, 0.5) is 91.1 Å². The van der Waals surface area contributed by atoms with Crippen LogP contribution < -0.4 is 96.2 Å². The van der Waals surface area contributed by atoms with E-state index in [9.17, 15) is 43.3 Å². The van der Waals surface area contributed by atoms with Crippen molar-refractivity contribution in [1.82, 2.24) is 0 Å². The van der Waals surface area contributed by atoms with Gasteiger partial charge in [-0.25, -0.2) is 51.9 Å². The van der Waals surface area contributed by atoms with Crippen molar-refractivity contribution in [3.63, 3.8) is 0 Å². The molecule has 1 unspecified atom stereocenters. The van der Waals surface area contributed by atoms with E-state index >= 15 is 0 Å². The van der Waals surface area contributed by atoms with E-state index in [0.717, 1.165) is 75.5 Å². The maximum absolute atomic E-state index is 12.5. The number of carbonyl (C=O) groups is 2. The van der Waals surface area contributed by atoms with Crippen molar-refractivity contribution in [3.05, 3.63) is 273 Å². The van der Waals surface area contributed by atoms with E-state index in [4.69, 9.17) is 37.5 Å². The molecule has 47 heteroatoms. The summed E-state index contributed by atoms with van der Waals surface area (Å²) < 4.78 is 96.8. The molecule has 41 nitrogen and oxygen atoms in total. The summed E-state index contributed by atoms with van der Waals surface area (Å²) in [6.45, 7) is 12.8. The summed E-state index contributed by atoms with van der Waals surface area (Å²) in [6, 6.07) is 64.9. The number of nitrogens with zero attached hydrogens (tertiary/aromatic N) is 20. The third-order valence-electron chi connectivity index (χ3n) is 16.9. The molecule has 0 saturated carbocycles. The minimum absolute atomic E-state index is 0. The number of unbranched alkanes of at least 4 members (excludes halogenated alkanes) is 1. The number of rotatable bonds is 27. The van der Waals surface area contributed by atoms with E-state index in [-0.39, 0.29) is 34.5 Å². The highest BCUT2D eigenvalue weighted by molar-refractivity contribution is 7.86. The number of halogens is 2. The van der Waals surface area contributed by atoms with Gasteiger partial charge in [-0.2, -0.15) is 20.3 Å². The van der Waals surface area contributed by atoms with Crippen molar-refractivity contribution in [2.24, 2.45) is 70.3 Å². The molecule has 1 atom stereocenters. The summed E-state index contributed by atoms with van der Waals surface area (Å²) in [5.74, 6) is -0.136. The van der Waals surface area contributed by atoms with Crippen LogP contribution in [-0.4, -0.2) is 131 Å². The first-order valence-corrected chi connectivity index (χ1v) is 47.7. The van der Waals surface area contributed by atoms with Gasteiger partial charge in [-0.1, -0.05) is 66.5 Å². The first kappa shape index (κ1) is 116. The Hall–Kier alpha value is -13.1. The summed E-state index contributed by atoms with van der Waals surface area (Å²) in [5.41, 5.74) is 14.7. The highest BCUT2D eigenvalue weighted by Crippen LogP contribution is 2.33. The fourth-order valence-corrected chi connectivity index (χ4v) is 10.5. The smallest absolute Gasteiger partial charge is 0.388 e. The largest absolute Gasteiger partial charge is 1.00 e. The van der Waals surface area contributed by atoms with Crippen LogP contribution in [0.2, 0.25) is 5.02 Å². The van der Waals surface area contributed by atoms with Gasteiger partial charge in [0.05, 0.1) is 63.1 Å². The standard InChI is InChI=1S/C18H17N4.C18H25N4.C17H21N5O.C16H16N5O2.C14H16ClN4.C2H6O4S.3CH4O4S.BrH/c1-22-13-5-8-18(14-22)21-20-17-11-9-16(10-12-17)19-15-6-3-2-4-7-15;1-5-6-11-22-12-7-8-16(14-22)19-20-18-10-9-17(21(3)4)13-15(18)2;1-5-22-10-6-7-14(12-22)19-20-16-9-8-15(21(3)4)11-17(16)18-13(2)23;1-12-15(18-17-14-10-6-7-11-20(14)23-2)16(22)21(19-12)13-8-4-3-5-9-13;1-18(2)12-6-7-14(13(15)9-12)17-16-11-5-4-8-19(3)10-11;1-2-7(4,5)6-3;3*1-6(3,4)5-2;/h2-14,19H,1H3;7-10,12-14H,5-6,11H2,1-4H3;6-12H,5H2,1-4H3;3-11,15H,1-2H3;4-10H,1-3H3;3H,2H2,1H3;3*2H,1H3;1H/q2*+1;;2*+1;;;;;/p-4. The number of aryl methyl sites for hydroxylation is 5. The van der Waals surface area contributed by atoms with E-state index in [1.54, 1.807) is 19.2 Å². The van der Waals surface area contributed by atoms with E-state index in [0.29, 0.717) is 58.1 Å². The molecule has 0 aliphatic carbocycles. The Morgan fingerprint density at radius 3 is 1.38 bits per heavy atom. The number of anilines is 7. The number of carbonyl (C=O) groups excluding carboxylic acids is 2. The zero-order valence-electron chi connectivity index (χ0n) is 77.5. The number of hydrogen-bond acceptors (Lipinski definition) is 34. The molecule has 0 radical (unpaired) electrons. The maximum atomic E-state index is 12.5.